The molecule has 2 atom stereocenters. The summed E-state index contributed by atoms with van der Waals surface area (Å²) in [6.07, 6.45) is 2.43. The van der Waals surface area contributed by atoms with Crippen molar-refractivity contribution >= 4 is 16.5 Å². The normalized spacial score (nSPS) is 22.5. The van der Waals surface area contributed by atoms with Crippen LogP contribution in [0.15, 0.2) is 30.3 Å². The Balaban J connectivity index is 1.72. The van der Waals surface area contributed by atoms with Crippen molar-refractivity contribution in [2.45, 2.75) is 25.9 Å². The summed E-state index contributed by atoms with van der Waals surface area (Å²) in [6.45, 7) is 3.99. The number of rotatable bonds is 4. The Bertz CT molecular complexity index is 572. The van der Waals surface area contributed by atoms with Crippen LogP contribution in [0.3, 0.4) is 0 Å². The topological polar surface area (TPSA) is 38.2 Å². The molecule has 4 nitrogen and oxygen atoms in total. The first-order chi connectivity index (χ1) is 10.3. The smallest absolute Gasteiger partial charge is 0.208 e. The van der Waals surface area contributed by atoms with Gasteiger partial charge in [-0.05, 0) is 25.3 Å². The molecule has 0 saturated carbocycles. The van der Waals surface area contributed by atoms with Gasteiger partial charge < -0.3 is 9.64 Å². The molecular formula is C16H21N3OS. The van der Waals surface area contributed by atoms with E-state index in [1.807, 2.05) is 14.0 Å². The minimum absolute atomic E-state index is 0.329. The van der Waals surface area contributed by atoms with Crippen LogP contribution in [0.4, 0.5) is 5.13 Å². The zero-order valence-corrected chi connectivity index (χ0v) is 13.3. The van der Waals surface area contributed by atoms with Crippen molar-refractivity contribution in [3.63, 3.8) is 0 Å². The van der Waals surface area contributed by atoms with Crippen LogP contribution in [0.25, 0.3) is 0 Å². The number of benzene rings is 1. The Morgan fingerprint density at radius 2 is 2.10 bits per heavy atom. The van der Waals surface area contributed by atoms with Gasteiger partial charge in [0, 0.05) is 26.1 Å². The second kappa shape index (κ2) is 6.54. The maximum Gasteiger partial charge on any atom is 0.208 e. The van der Waals surface area contributed by atoms with Crippen LogP contribution in [0.1, 0.15) is 17.0 Å². The Kier molecular flexibility index (Phi) is 4.51. The summed E-state index contributed by atoms with van der Waals surface area (Å²) >= 11 is 1.67. The second-order valence-corrected chi connectivity index (χ2v) is 6.72. The van der Waals surface area contributed by atoms with Crippen LogP contribution < -0.4 is 4.90 Å². The summed E-state index contributed by atoms with van der Waals surface area (Å²) in [7, 11) is 1.83. The minimum Gasteiger partial charge on any atom is -0.381 e. The Morgan fingerprint density at radius 1 is 1.29 bits per heavy atom. The van der Waals surface area contributed by atoms with E-state index in [0.717, 1.165) is 36.1 Å². The number of aryl methyl sites for hydroxylation is 1. The number of methoxy groups -OCH3 is 1. The van der Waals surface area contributed by atoms with Crippen molar-refractivity contribution in [2.75, 3.05) is 25.1 Å². The van der Waals surface area contributed by atoms with Crippen LogP contribution in [0.2, 0.25) is 0 Å². The summed E-state index contributed by atoms with van der Waals surface area (Å²) in [5.41, 5.74) is 1.37. The number of piperidine rings is 1. The molecule has 3 rings (SSSR count). The fourth-order valence-electron chi connectivity index (χ4n) is 3.02. The quantitative estimate of drug-likeness (QED) is 0.870. The van der Waals surface area contributed by atoms with Gasteiger partial charge in [0.1, 0.15) is 5.01 Å². The molecule has 0 amide bonds. The van der Waals surface area contributed by atoms with Crippen LogP contribution in [-0.4, -0.2) is 36.5 Å². The van der Waals surface area contributed by atoms with E-state index in [1.54, 1.807) is 11.3 Å². The molecule has 112 valence electrons. The van der Waals surface area contributed by atoms with E-state index in [2.05, 4.69) is 45.4 Å². The number of nitrogens with zero attached hydrogens (tertiary/aromatic N) is 3. The van der Waals surface area contributed by atoms with Crippen molar-refractivity contribution in [3.8, 4) is 0 Å². The van der Waals surface area contributed by atoms with E-state index < -0.39 is 0 Å². The number of aromatic nitrogens is 2. The van der Waals surface area contributed by atoms with Gasteiger partial charge in [0.05, 0.1) is 6.10 Å². The summed E-state index contributed by atoms with van der Waals surface area (Å²) in [4.78, 5) is 2.35. The highest BCUT2D eigenvalue weighted by atomic mass is 32.1. The molecule has 0 N–H and O–H groups in total. The summed E-state index contributed by atoms with van der Waals surface area (Å²) in [5, 5.41) is 10.5. The number of hydrogen-bond donors (Lipinski definition) is 0. The lowest BCUT2D eigenvalue weighted by Crippen LogP contribution is -2.45. The highest BCUT2D eigenvalue weighted by Crippen LogP contribution is 2.29. The molecule has 1 aromatic carbocycles. The highest BCUT2D eigenvalue weighted by Gasteiger charge is 2.30. The second-order valence-electron chi connectivity index (χ2n) is 5.56. The van der Waals surface area contributed by atoms with Crippen molar-refractivity contribution in [1.82, 2.24) is 10.2 Å². The van der Waals surface area contributed by atoms with Crippen molar-refractivity contribution in [3.05, 3.63) is 40.9 Å². The monoisotopic (exact) mass is 303 g/mol. The van der Waals surface area contributed by atoms with Crippen LogP contribution in [0.5, 0.6) is 0 Å². The molecule has 1 aromatic heterocycles. The summed E-state index contributed by atoms with van der Waals surface area (Å²) in [5.74, 6) is 0.496. The third-order valence-corrected chi connectivity index (χ3v) is 4.99. The van der Waals surface area contributed by atoms with Crippen LogP contribution in [0, 0.1) is 12.8 Å². The molecule has 1 aliphatic heterocycles. The minimum atomic E-state index is 0.329. The fourth-order valence-corrected chi connectivity index (χ4v) is 3.74. The third kappa shape index (κ3) is 3.41. The van der Waals surface area contributed by atoms with E-state index in [0.29, 0.717) is 12.0 Å². The third-order valence-electron chi connectivity index (χ3n) is 4.09. The van der Waals surface area contributed by atoms with Gasteiger partial charge in [-0.25, -0.2) is 0 Å². The molecule has 1 aliphatic rings. The molecule has 21 heavy (non-hydrogen) atoms. The predicted molar refractivity (Wildman–Crippen MR) is 85.9 cm³/mol. The van der Waals surface area contributed by atoms with E-state index >= 15 is 0 Å². The first kappa shape index (κ1) is 14.5. The van der Waals surface area contributed by atoms with Gasteiger partial charge in [0.2, 0.25) is 5.13 Å². The van der Waals surface area contributed by atoms with Gasteiger partial charge in [-0.2, -0.15) is 0 Å². The van der Waals surface area contributed by atoms with Gasteiger partial charge in [-0.15, -0.1) is 10.2 Å². The Morgan fingerprint density at radius 3 is 2.76 bits per heavy atom. The lowest BCUT2D eigenvalue weighted by atomic mass is 9.89. The lowest BCUT2D eigenvalue weighted by molar-refractivity contribution is 0.0376. The van der Waals surface area contributed by atoms with Gasteiger partial charge in [-0.3, -0.25) is 0 Å². The maximum atomic E-state index is 5.71. The molecule has 2 aromatic rings. The fraction of sp³-hybridized carbons (Fsp3) is 0.500. The summed E-state index contributed by atoms with van der Waals surface area (Å²) in [6, 6.07) is 10.7. The van der Waals surface area contributed by atoms with Crippen LogP contribution >= 0.6 is 11.3 Å². The molecule has 0 bridgehead atoms. The zero-order valence-electron chi connectivity index (χ0n) is 12.5. The number of hydrogen-bond acceptors (Lipinski definition) is 5. The van der Waals surface area contributed by atoms with Crippen molar-refractivity contribution in [1.29, 1.82) is 0 Å². The van der Waals surface area contributed by atoms with Gasteiger partial charge in [0.15, 0.2) is 0 Å². The average Bonchev–Trinajstić information content (AvgIpc) is 2.95. The Hall–Kier alpha value is -1.46. The largest absolute Gasteiger partial charge is 0.381 e. The Labute approximate surface area is 129 Å². The molecule has 5 heteroatoms. The standard InChI is InChI=1S/C16H21N3OS/c1-12-17-18-16(21-12)19-9-8-15(20-2)14(11-19)10-13-6-4-3-5-7-13/h3-7,14-15H,8-11H2,1-2H3/t14-,15+/m0/s1. The number of ether oxygens (including phenoxy) is 1. The molecule has 0 unspecified atom stereocenters. The number of anilines is 1. The van der Waals surface area contributed by atoms with Crippen molar-refractivity contribution < 1.29 is 4.74 Å². The summed E-state index contributed by atoms with van der Waals surface area (Å²) < 4.78 is 5.71. The van der Waals surface area contributed by atoms with E-state index in [4.69, 9.17) is 4.74 Å². The predicted octanol–water partition coefficient (Wildman–Crippen LogP) is 2.93. The van der Waals surface area contributed by atoms with Crippen LogP contribution in [-0.2, 0) is 11.2 Å². The van der Waals surface area contributed by atoms with Gasteiger partial charge in [-0.1, -0.05) is 41.7 Å². The van der Waals surface area contributed by atoms with Gasteiger partial charge in [0.25, 0.3) is 0 Å². The van der Waals surface area contributed by atoms with E-state index in [9.17, 15) is 0 Å². The molecular weight excluding hydrogens is 282 g/mol. The first-order valence-electron chi connectivity index (χ1n) is 7.38. The molecule has 1 saturated heterocycles. The molecule has 0 radical (unpaired) electrons. The van der Waals surface area contributed by atoms with E-state index in [1.165, 1.54) is 5.56 Å². The maximum absolute atomic E-state index is 5.71. The lowest BCUT2D eigenvalue weighted by Gasteiger charge is -2.37. The molecule has 1 fully saturated rings. The molecule has 0 aliphatic carbocycles. The molecule has 0 spiro atoms. The first-order valence-corrected chi connectivity index (χ1v) is 8.19. The SMILES string of the molecule is CO[C@@H]1CCN(c2nnc(C)s2)C[C@@H]1Cc1ccccc1. The van der Waals surface area contributed by atoms with Crippen molar-refractivity contribution in [2.24, 2.45) is 5.92 Å². The average molecular weight is 303 g/mol. The highest BCUT2D eigenvalue weighted by molar-refractivity contribution is 7.15. The van der Waals surface area contributed by atoms with Gasteiger partial charge >= 0.3 is 0 Å². The van der Waals surface area contributed by atoms with E-state index in [-0.39, 0.29) is 0 Å². The zero-order chi connectivity index (χ0) is 14.7. The molecule has 2 heterocycles.